The minimum atomic E-state index is -0.657. The average molecular weight is 1170 g/mol. The van der Waals surface area contributed by atoms with Crippen molar-refractivity contribution in [1.82, 2.24) is 5.32 Å². The molecule has 0 radical (unpaired) electrons. The van der Waals surface area contributed by atoms with Gasteiger partial charge in [0, 0.05) is 6.42 Å². The van der Waals surface area contributed by atoms with Gasteiger partial charge in [-0.1, -0.05) is 463 Å². The molecule has 0 aliphatic heterocycles. The molecule has 498 valence electrons. The van der Waals surface area contributed by atoms with E-state index in [1.54, 1.807) is 0 Å². The smallest absolute Gasteiger partial charge is 0.220 e. The lowest BCUT2D eigenvalue weighted by Crippen LogP contribution is -2.45. The van der Waals surface area contributed by atoms with Crippen LogP contribution in [0.15, 0.2) is 0 Å². The van der Waals surface area contributed by atoms with Crippen molar-refractivity contribution < 1.29 is 15.0 Å². The molecule has 0 spiro atoms. The molecule has 1 amide bonds. The van der Waals surface area contributed by atoms with Gasteiger partial charge in [0.2, 0.25) is 5.91 Å². The fourth-order valence-corrected chi connectivity index (χ4v) is 13.4. The van der Waals surface area contributed by atoms with Crippen molar-refractivity contribution in [3.8, 4) is 0 Å². The van der Waals surface area contributed by atoms with Crippen molar-refractivity contribution in [1.29, 1.82) is 0 Å². The van der Waals surface area contributed by atoms with Crippen LogP contribution in [0.4, 0.5) is 0 Å². The van der Waals surface area contributed by atoms with Crippen LogP contribution in [0.25, 0.3) is 0 Å². The van der Waals surface area contributed by atoms with Crippen molar-refractivity contribution in [3.05, 3.63) is 0 Å². The lowest BCUT2D eigenvalue weighted by Gasteiger charge is -2.22. The minimum absolute atomic E-state index is 0.0179. The number of nitrogens with one attached hydrogen (secondary N) is 1. The van der Waals surface area contributed by atoms with E-state index >= 15 is 0 Å². The van der Waals surface area contributed by atoms with Crippen molar-refractivity contribution >= 4 is 5.91 Å². The topological polar surface area (TPSA) is 69.6 Å². The van der Waals surface area contributed by atoms with Gasteiger partial charge in [0.05, 0.1) is 18.8 Å². The predicted molar refractivity (Wildman–Crippen MR) is 373 cm³/mol. The Labute approximate surface area is 525 Å². The summed E-state index contributed by atoms with van der Waals surface area (Å²) in [5, 5.41) is 23.5. The van der Waals surface area contributed by atoms with E-state index in [1.807, 2.05) is 0 Å². The summed E-state index contributed by atoms with van der Waals surface area (Å²) in [6.07, 6.45) is 101. The molecule has 0 saturated heterocycles. The van der Waals surface area contributed by atoms with E-state index in [9.17, 15) is 15.0 Å². The summed E-state index contributed by atoms with van der Waals surface area (Å²) in [5.74, 6) is -0.0179. The molecule has 0 aromatic carbocycles. The van der Waals surface area contributed by atoms with Crippen LogP contribution in [0, 0.1) is 0 Å². The van der Waals surface area contributed by atoms with Gasteiger partial charge in [-0.3, -0.25) is 4.79 Å². The first kappa shape index (κ1) is 82.4. The van der Waals surface area contributed by atoms with E-state index in [2.05, 4.69) is 19.2 Å². The third-order valence-electron chi connectivity index (χ3n) is 19.4. The quantitative estimate of drug-likeness (QED) is 0.0532. The van der Waals surface area contributed by atoms with E-state index in [0.29, 0.717) is 12.8 Å². The maximum atomic E-state index is 12.6. The van der Waals surface area contributed by atoms with E-state index in [4.69, 9.17) is 0 Å². The first-order valence-corrected chi connectivity index (χ1v) is 39.7. The van der Waals surface area contributed by atoms with Crippen LogP contribution < -0.4 is 5.32 Å². The Morgan fingerprint density at radius 1 is 0.241 bits per heavy atom. The van der Waals surface area contributed by atoms with Crippen molar-refractivity contribution in [2.24, 2.45) is 0 Å². The molecule has 0 saturated carbocycles. The van der Waals surface area contributed by atoms with E-state index in [1.165, 1.54) is 430 Å². The van der Waals surface area contributed by atoms with Crippen LogP contribution in [-0.2, 0) is 4.79 Å². The van der Waals surface area contributed by atoms with E-state index < -0.39 is 12.1 Å². The zero-order valence-electron chi connectivity index (χ0n) is 57.8. The van der Waals surface area contributed by atoms with Gasteiger partial charge in [-0.2, -0.15) is 0 Å². The summed E-state index contributed by atoms with van der Waals surface area (Å²) in [7, 11) is 0. The highest BCUT2D eigenvalue weighted by Gasteiger charge is 2.20. The highest BCUT2D eigenvalue weighted by molar-refractivity contribution is 5.76. The second kappa shape index (κ2) is 75.6. The average Bonchev–Trinajstić information content (AvgIpc) is 3.51. The van der Waals surface area contributed by atoms with Gasteiger partial charge < -0.3 is 15.5 Å². The van der Waals surface area contributed by atoms with Gasteiger partial charge in [-0.15, -0.1) is 0 Å². The van der Waals surface area contributed by atoms with Crippen LogP contribution in [-0.4, -0.2) is 34.9 Å². The predicted octanol–water partition coefficient (Wildman–Crippen LogP) is 27.3. The number of amides is 1. The third-order valence-corrected chi connectivity index (χ3v) is 19.4. The first-order valence-electron chi connectivity index (χ1n) is 39.7. The number of rotatable bonds is 76. The molecule has 0 aliphatic rings. The number of hydrogen-bond donors (Lipinski definition) is 3. The summed E-state index contributed by atoms with van der Waals surface area (Å²) >= 11 is 0. The molecule has 0 heterocycles. The lowest BCUT2D eigenvalue weighted by atomic mass is 10.0. The summed E-state index contributed by atoms with van der Waals surface area (Å²) in [5.41, 5.74) is 0. The number of unbranched alkanes of at least 4 members (excludes halogenated alkanes) is 69. The Morgan fingerprint density at radius 2 is 0.386 bits per heavy atom. The zero-order valence-corrected chi connectivity index (χ0v) is 57.8. The molecule has 4 nitrogen and oxygen atoms in total. The molecule has 83 heavy (non-hydrogen) atoms. The molecule has 0 fully saturated rings. The molecule has 0 aliphatic carbocycles. The first-order chi connectivity index (χ1) is 41.2. The van der Waals surface area contributed by atoms with E-state index in [-0.39, 0.29) is 12.5 Å². The molecule has 0 aromatic rings. The Morgan fingerprint density at radius 3 is 0.542 bits per heavy atom. The molecule has 0 rings (SSSR count). The van der Waals surface area contributed by atoms with Gasteiger partial charge in [0.15, 0.2) is 0 Å². The Kier molecular flexibility index (Phi) is 75.1. The monoisotopic (exact) mass is 1170 g/mol. The van der Waals surface area contributed by atoms with Gasteiger partial charge in [-0.25, -0.2) is 0 Å². The minimum Gasteiger partial charge on any atom is -0.394 e. The van der Waals surface area contributed by atoms with Gasteiger partial charge >= 0.3 is 0 Å². The summed E-state index contributed by atoms with van der Waals surface area (Å²) < 4.78 is 0. The van der Waals surface area contributed by atoms with Crippen molar-refractivity contribution in [2.75, 3.05) is 6.61 Å². The second-order valence-electron chi connectivity index (χ2n) is 27.9. The van der Waals surface area contributed by atoms with Gasteiger partial charge in [-0.05, 0) is 12.8 Å². The third kappa shape index (κ3) is 72.0. The molecule has 4 heteroatoms. The Hall–Kier alpha value is -0.610. The Balaban J connectivity index is 3.33. The molecular formula is C79H159NO3. The molecule has 2 atom stereocenters. The zero-order chi connectivity index (χ0) is 59.8. The van der Waals surface area contributed by atoms with Gasteiger partial charge in [0.25, 0.3) is 0 Å². The summed E-state index contributed by atoms with van der Waals surface area (Å²) in [6, 6.07) is -0.534. The SMILES string of the molecule is CCCCCCCCCCCCCCCCCCCCCCCCCCCCCCCCCCCCCCCCCC(=O)NC(CO)C(O)CCCCCCCCCCCCCCCCCCCCCCCCCCCCCCCCCC. The highest BCUT2D eigenvalue weighted by Crippen LogP contribution is 2.21. The largest absolute Gasteiger partial charge is 0.394 e. The maximum absolute atomic E-state index is 12.6. The molecule has 3 N–H and O–H groups in total. The standard InChI is InChI=1S/C79H159NO3/c1-3-5-7-9-11-13-15-17-19-21-23-25-27-29-31-33-35-37-38-39-40-41-42-43-45-47-49-51-53-55-57-59-61-63-65-67-69-71-73-75-79(83)80-77(76-81)78(82)74-72-70-68-66-64-62-60-58-56-54-52-50-48-46-44-36-34-32-30-28-26-24-22-20-18-16-14-12-10-8-6-4-2/h77-78,81-82H,3-76H2,1-2H3,(H,80,83). The highest BCUT2D eigenvalue weighted by atomic mass is 16.3. The van der Waals surface area contributed by atoms with Crippen LogP contribution in [0.2, 0.25) is 0 Å². The second-order valence-corrected chi connectivity index (χ2v) is 27.9. The van der Waals surface area contributed by atoms with Crippen LogP contribution in [0.1, 0.15) is 483 Å². The number of aliphatic hydroxyl groups is 2. The number of carbonyl (C=O) groups is 1. The number of aliphatic hydroxyl groups excluding tert-OH is 2. The Bertz CT molecular complexity index is 1140. The van der Waals surface area contributed by atoms with Crippen LogP contribution >= 0.6 is 0 Å². The van der Waals surface area contributed by atoms with Crippen molar-refractivity contribution in [3.63, 3.8) is 0 Å². The van der Waals surface area contributed by atoms with Crippen LogP contribution in [0.3, 0.4) is 0 Å². The lowest BCUT2D eigenvalue weighted by molar-refractivity contribution is -0.123. The van der Waals surface area contributed by atoms with Crippen LogP contribution in [0.5, 0.6) is 0 Å². The normalized spacial score (nSPS) is 12.5. The fraction of sp³-hybridized carbons (Fsp3) is 0.987. The van der Waals surface area contributed by atoms with E-state index in [0.717, 1.165) is 25.7 Å². The molecule has 0 aromatic heterocycles. The summed E-state index contributed by atoms with van der Waals surface area (Å²) in [6.45, 7) is 4.43. The van der Waals surface area contributed by atoms with Crippen molar-refractivity contribution in [2.45, 2.75) is 495 Å². The molecule has 2 unspecified atom stereocenters. The maximum Gasteiger partial charge on any atom is 0.220 e. The number of carbonyl (C=O) groups excluding carboxylic acids is 1. The fourth-order valence-electron chi connectivity index (χ4n) is 13.4. The number of hydrogen-bond acceptors (Lipinski definition) is 3. The summed E-state index contributed by atoms with van der Waals surface area (Å²) in [4.78, 5) is 12.6. The van der Waals surface area contributed by atoms with Gasteiger partial charge in [0.1, 0.15) is 0 Å². The molecule has 0 bridgehead atoms. The molecular weight excluding hydrogens is 1010 g/mol.